The van der Waals surface area contributed by atoms with Gasteiger partial charge in [0.05, 0.1) is 30.2 Å². The van der Waals surface area contributed by atoms with Crippen LogP contribution in [0.5, 0.6) is 5.75 Å². The molecule has 0 aliphatic carbocycles. The highest BCUT2D eigenvalue weighted by atomic mass is 16.5. The average Bonchev–Trinajstić information content (AvgIpc) is 2.96. The van der Waals surface area contributed by atoms with Gasteiger partial charge in [-0.3, -0.25) is 14.4 Å². The lowest BCUT2D eigenvalue weighted by Crippen LogP contribution is -2.54. The number of rotatable bonds is 6. The number of hydrogen-bond acceptors (Lipinski definition) is 6. The first-order chi connectivity index (χ1) is 18.9. The predicted octanol–water partition coefficient (Wildman–Crippen LogP) is 3.70. The number of anilines is 1. The van der Waals surface area contributed by atoms with Crippen molar-refractivity contribution in [3.8, 4) is 5.75 Å². The van der Waals surface area contributed by atoms with Crippen LogP contribution in [0.25, 0.3) is 0 Å². The second-order valence-electron chi connectivity index (χ2n) is 10.7. The van der Waals surface area contributed by atoms with E-state index in [1.165, 1.54) is 0 Å². The van der Waals surface area contributed by atoms with Gasteiger partial charge in [-0.05, 0) is 56.4 Å². The SMILES string of the molecule is C[C@@H](NC(=O)C[C@@H]1CC[C@H]2[C@@H](COc3ccc(NC(=O)C4CCOCC4)cc3C(=O)N2C)O1)c1ccccc1. The van der Waals surface area contributed by atoms with E-state index < -0.39 is 0 Å². The van der Waals surface area contributed by atoms with Gasteiger partial charge in [0.1, 0.15) is 18.5 Å². The zero-order chi connectivity index (χ0) is 27.4. The third kappa shape index (κ3) is 6.42. The summed E-state index contributed by atoms with van der Waals surface area (Å²) in [6.07, 6.45) is 2.42. The highest BCUT2D eigenvalue weighted by Gasteiger charge is 2.39. The molecule has 2 N–H and O–H groups in total. The second kappa shape index (κ2) is 12.2. The van der Waals surface area contributed by atoms with Gasteiger partial charge in [-0.2, -0.15) is 0 Å². The van der Waals surface area contributed by atoms with Gasteiger partial charge >= 0.3 is 0 Å². The summed E-state index contributed by atoms with van der Waals surface area (Å²) in [6, 6.07) is 14.8. The highest BCUT2D eigenvalue weighted by molar-refractivity contribution is 6.00. The number of nitrogens with zero attached hydrogens (tertiary/aromatic N) is 1. The summed E-state index contributed by atoms with van der Waals surface area (Å²) in [7, 11) is 1.78. The first-order valence-electron chi connectivity index (χ1n) is 13.8. The lowest BCUT2D eigenvalue weighted by Gasteiger charge is -2.42. The number of hydrogen-bond donors (Lipinski definition) is 2. The van der Waals surface area contributed by atoms with E-state index in [9.17, 15) is 14.4 Å². The Labute approximate surface area is 229 Å². The van der Waals surface area contributed by atoms with Crippen molar-refractivity contribution in [3.05, 3.63) is 59.7 Å². The van der Waals surface area contributed by atoms with Crippen LogP contribution < -0.4 is 15.4 Å². The largest absolute Gasteiger partial charge is 0.490 e. The van der Waals surface area contributed by atoms with Crippen molar-refractivity contribution in [1.29, 1.82) is 0 Å². The molecule has 2 saturated heterocycles. The predicted molar refractivity (Wildman–Crippen MR) is 146 cm³/mol. The molecule has 0 bridgehead atoms. The number of nitrogens with one attached hydrogen (secondary N) is 2. The molecule has 208 valence electrons. The van der Waals surface area contributed by atoms with Gasteiger partial charge in [0.25, 0.3) is 5.91 Å². The normalized spacial score (nSPS) is 24.3. The molecule has 0 aromatic heterocycles. The molecule has 2 fully saturated rings. The molecular weight excluding hydrogens is 498 g/mol. The molecule has 39 heavy (non-hydrogen) atoms. The second-order valence-corrected chi connectivity index (χ2v) is 10.7. The van der Waals surface area contributed by atoms with Gasteiger partial charge in [0, 0.05) is 31.9 Å². The lowest BCUT2D eigenvalue weighted by atomic mass is 9.94. The average molecular weight is 536 g/mol. The molecule has 5 rings (SSSR count). The van der Waals surface area contributed by atoms with Crippen molar-refractivity contribution in [3.63, 3.8) is 0 Å². The van der Waals surface area contributed by atoms with Crippen LogP contribution in [0.2, 0.25) is 0 Å². The molecular formula is C30H37N3O6. The Morgan fingerprint density at radius 2 is 1.82 bits per heavy atom. The fraction of sp³-hybridized carbons (Fsp3) is 0.500. The minimum atomic E-state index is -0.349. The van der Waals surface area contributed by atoms with Gasteiger partial charge in [0.15, 0.2) is 0 Å². The molecule has 2 aromatic carbocycles. The molecule has 2 aromatic rings. The number of benzene rings is 2. The number of carbonyl (C=O) groups is 3. The summed E-state index contributed by atoms with van der Waals surface area (Å²) >= 11 is 0. The van der Waals surface area contributed by atoms with E-state index in [1.54, 1.807) is 30.1 Å². The van der Waals surface area contributed by atoms with E-state index in [2.05, 4.69) is 10.6 Å². The first kappa shape index (κ1) is 27.1. The molecule has 0 radical (unpaired) electrons. The summed E-state index contributed by atoms with van der Waals surface area (Å²) in [4.78, 5) is 40.6. The third-order valence-corrected chi connectivity index (χ3v) is 7.96. The highest BCUT2D eigenvalue weighted by Crippen LogP contribution is 2.33. The lowest BCUT2D eigenvalue weighted by molar-refractivity contribution is -0.134. The fourth-order valence-electron chi connectivity index (χ4n) is 5.64. The standard InChI is InChI=1S/C30H37N3O6/c1-19(20-6-4-3-5-7-20)31-28(34)17-23-9-10-25-27(39-23)18-38-26-11-8-22(16-24(26)30(36)33(25)2)32-29(35)21-12-14-37-15-13-21/h3-8,11,16,19,21,23,25,27H,9-10,12-15,17-18H2,1-2H3,(H,31,34)(H,32,35)/t19-,23+,25+,27-/m1/s1. The molecule has 0 saturated carbocycles. The molecule has 4 atom stereocenters. The van der Waals surface area contributed by atoms with Crippen molar-refractivity contribution in [2.75, 3.05) is 32.2 Å². The van der Waals surface area contributed by atoms with Gasteiger partial charge in [-0.25, -0.2) is 0 Å². The van der Waals surface area contributed by atoms with E-state index in [4.69, 9.17) is 14.2 Å². The maximum atomic E-state index is 13.5. The summed E-state index contributed by atoms with van der Waals surface area (Å²) < 4.78 is 17.7. The number of fused-ring (bicyclic) bond motifs is 2. The van der Waals surface area contributed by atoms with Crippen LogP contribution in [0.4, 0.5) is 5.69 Å². The topological polar surface area (TPSA) is 106 Å². The van der Waals surface area contributed by atoms with Gasteiger partial charge in [0.2, 0.25) is 11.8 Å². The van der Waals surface area contributed by atoms with E-state index in [0.29, 0.717) is 55.9 Å². The Balaban J connectivity index is 1.21. The number of ether oxygens (including phenoxy) is 3. The smallest absolute Gasteiger partial charge is 0.257 e. The molecule has 9 nitrogen and oxygen atoms in total. The van der Waals surface area contributed by atoms with Crippen LogP contribution in [-0.4, -0.2) is 67.7 Å². The zero-order valence-corrected chi connectivity index (χ0v) is 22.6. The van der Waals surface area contributed by atoms with Crippen molar-refractivity contribution < 1.29 is 28.6 Å². The number of amides is 3. The molecule has 9 heteroatoms. The van der Waals surface area contributed by atoms with Crippen LogP contribution in [0, 0.1) is 5.92 Å². The Morgan fingerprint density at radius 1 is 1.05 bits per heavy atom. The zero-order valence-electron chi connectivity index (χ0n) is 22.6. The molecule has 3 amide bonds. The molecule has 3 aliphatic heterocycles. The Hall–Kier alpha value is -3.43. The van der Waals surface area contributed by atoms with Crippen LogP contribution >= 0.6 is 0 Å². The quantitative estimate of drug-likeness (QED) is 0.584. The molecule has 3 aliphatic rings. The maximum Gasteiger partial charge on any atom is 0.257 e. The third-order valence-electron chi connectivity index (χ3n) is 7.96. The van der Waals surface area contributed by atoms with Crippen molar-refractivity contribution >= 4 is 23.4 Å². The van der Waals surface area contributed by atoms with Crippen molar-refractivity contribution in [2.24, 2.45) is 5.92 Å². The fourth-order valence-corrected chi connectivity index (χ4v) is 5.64. The molecule has 0 unspecified atom stereocenters. The van der Waals surface area contributed by atoms with E-state index in [1.807, 2.05) is 37.3 Å². The van der Waals surface area contributed by atoms with E-state index in [0.717, 1.165) is 5.56 Å². The van der Waals surface area contributed by atoms with Crippen LogP contribution in [0.15, 0.2) is 48.5 Å². The minimum absolute atomic E-state index is 0.0557. The number of likely N-dealkylation sites (N-methyl/N-ethyl adjacent to an activating group) is 1. The molecule has 3 heterocycles. The Bertz CT molecular complexity index is 1180. The molecule has 0 spiro atoms. The van der Waals surface area contributed by atoms with E-state index >= 15 is 0 Å². The number of carbonyl (C=O) groups excluding carboxylic acids is 3. The first-order valence-corrected chi connectivity index (χ1v) is 13.8. The summed E-state index contributed by atoms with van der Waals surface area (Å²) in [6.45, 7) is 3.40. The summed E-state index contributed by atoms with van der Waals surface area (Å²) in [5.74, 6) is 0.0615. The maximum absolute atomic E-state index is 13.5. The van der Waals surface area contributed by atoms with Gasteiger partial charge in [-0.1, -0.05) is 30.3 Å². The summed E-state index contributed by atoms with van der Waals surface area (Å²) in [5, 5.41) is 6.01. The Kier molecular flexibility index (Phi) is 8.47. The van der Waals surface area contributed by atoms with Gasteiger partial charge < -0.3 is 29.7 Å². The Morgan fingerprint density at radius 3 is 2.59 bits per heavy atom. The van der Waals surface area contributed by atoms with Crippen molar-refractivity contribution in [2.45, 2.75) is 63.3 Å². The van der Waals surface area contributed by atoms with Gasteiger partial charge in [-0.15, -0.1) is 0 Å². The van der Waals surface area contributed by atoms with Crippen molar-refractivity contribution in [1.82, 2.24) is 10.2 Å². The van der Waals surface area contributed by atoms with Crippen LogP contribution in [-0.2, 0) is 19.1 Å². The van der Waals surface area contributed by atoms with Crippen LogP contribution in [0.1, 0.15) is 61.0 Å². The minimum Gasteiger partial charge on any atom is -0.490 e. The monoisotopic (exact) mass is 535 g/mol. The summed E-state index contributed by atoms with van der Waals surface area (Å²) in [5.41, 5.74) is 2.04. The van der Waals surface area contributed by atoms with E-state index in [-0.39, 0.29) is 61.0 Å². The van der Waals surface area contributed by atoms with Crippen LogP contribution in [0.3, 0.4) is 0 Å².